The molecule has 0 atom stereocenters. The normalized spacial score (nSPS) is 10.2. The molecule has 2 aromatic carbocycles. The Morgan fingerprint density at radius 1 is 1.14 bits per heavy atom. The van der Waals surface area contributed by atoms with E-state index in [-0.39, 0.29) is 5.82 Å². The van der Waals surface area contributed by atoms with Crippen LogP contribution in [0.3, 0.4) is 0 Å². The minimum absolute atomic E-state index is 0.230. The maximum Gasteiger partial charge on any atom is 0.170 e. The first-order valence-corrected chi connectivity index (χ1v) is 7.41. The van der Waals surface area contributed by atoms with Gasteiger partial charge in [-0.15, -0.1) is 0 Å². The lowest BCUT2D eigenvalue weighted by atomic mass is 10.1. The molecule has 0 aliphatic rings. The Kier molecular flexibility index (Phi) is 5.69. The molecule has 0 saturated carbocycles. The van der Waals surface area contributed by atoms with E-state index >= 15 is 0 Å². The second-order valence-electron chi connectivity index (χ2n) is 4.93. The number of thiocarbonyl (C=S) groups is 1. The summed E-state index contributed by atoms with van der Waals surface area (Å²) in [5, 5.41) is 6.64. The standard InChI is InChI=1S/C17H19FN2S/c1-13-9-10-15(12-16(13)18)20-17(21)19-11-5-8-14-6-3-2-4-7-14/h2-4,6-7,9-10,12H,5,8,11H2,1H3,(H2,19,20,21). The van der Waals surface area contributed by atoms with Crippen molar-refractivity contribution in [3.8, 4) is 0 Å². The molecule has 21 heavy (non-hydrogen) atoms. The molecule has 0 aliphatic carbocycles. The van der Waals surface area contributed by atoms with Crippen molar-refractivity contribution in [3.05, 3.63) is 65.5 Å². The molecule has 0 radical (unpaired) electrons. The average molecular weight is 302 g/mol. The van der Waals surface area contributed by atoms with Gasteiger partial charge in [0, 0.05) is 12.2 Å². The van der Waals surface area contributed by atoms with Crippen LogP contribution in [0.4, 0.5) is 10.1 Å². The molecular weight excluding hydrogens is 283 g/mol. The summed E-state index contributed by atoms with van der Waals surface area (Å²) in [7, 11) is 0. The van der Waals surface area contributed by atoms with Crippen LogP contribution < -0.4 is 10.6 Å². The van der Waals surface area contributed by atoms with Gasteiger partial charge in [-0.3, -0.25) is 0 Å². The van der Waals surface area contributed by atoms with Crippen molar-refractivity contribution in [2.24, 2.45) is 0 Å². The van der Waals surface area contributed by atoms with E-state index in [0.29, 0.717) is 16.4 Å². The van der Waals surface area contributed by atoms with Crippen LogP contribution in [0.15, 0.2) is 48.5 Å². The molecule has 0 spiro atoms. The molecule has 0 aliphatic heterocycles. The van der Waals surface area contributed by atoms with Gasteiger partial charge in [-0.2, -0.15) is 0 Å². The number of aryl methyl sites for hydroxylation is 2. The number of hydrogen-bond acceptors (Lipinski definition) is 1. The molecule has 2 aromatic rings. The van der Waals surface area contributed by atoms with Gasteiger partial charge in [-0.25, -0.2) is 4.39 Å². The lowest BCUT2D eigenvalue weighted by Gasteiger charge is -2.11. The summed E-state index contributed by atoms with van der Waals surface area (Å²) in [4.78, 5) is 0. The Balaban J connectivity index is 1.71. The minimum Gasteiger partial charge on any atom is -0.362 e. The number of halogens is 1. The largest absolute Gasteiger partial charge is 0.362 e. The maximum absolute atomic E-state index is 13.4. The summed E-state index contributed by atoms with van der Waals surface area (Å²) in [5.41, 5.74) is 2.61. The van der Waals surface area contributed by atoms with Crippen LogP contribution in [0, 0.1) is 12.7 Å². The van der Waals surface area contributed by atoms with E-state index in [1.54, 1.807) is 13.0 Å². The highest BCUT2D eigenvalue weighted by Gasteiger charge is 2.01. The number of rotatable bonds is 5. The predicted molar refractivity (Wildman–Crippen MR) is 90.1 cm³/mol. The third-order valence-electron chi connectivity index (χ3n) is 3.20. The van der Waals surface area contributed by atoms with Gasteiger partial charge >= 0.3 is 0 Å². The highest BCUT2D eigenvalue weighted by Crippen LogP contribution is 2.13. The van der Waals surface area contributed by atoms with Crippen molar-refractivity contribution in [1.29, 1.82) is 0 Å². The van der Waals surface area contributed by atoms with Crippen LogP contribution in [0.2, 0.25) is 0 Å². The van der Waals surface area contributed by atoms with E-state index in [4.69, 9.17) is 12.2 Å². The second kappa shape index (κ2) is 7.74. The molecule has 0 fully saturated rings. The fourth-order valence-corrected chi connectivity index (χ4v) is 2.20. The summed E-state index contributed by atoms with van der Waals surface area (Å²) in [6, 6.07) is 15.3. The first kappa shape index (κ1) is 15.4. The van der Waals surface area contributed by atoms with Gasteiger partial charge in [0.2, 0.25) is 0 Å². The SMILES string of the molecule is Cc1ccc(NC(=S)NCCCc2ccccc2)cc1F. The zero-order chi connectivity index (χ0) is 15.1. The van der Waals surface area contributed by atoms with Crippen LogP contribution in [0.25, 0.3) is 0 Å². The smallest absolute Gasteiger partial charge is 0.170 e. The average Bonchev–Trinajstić information content (AvgIpc) is 2.49. The van der Waals surface area contributed by atoms with Crippen LogP contribution in [0.1, 0.15) is 17.5 Å². The van der Waals surface area contributed by atoms with Crippen LogP contribution in [0.5, 0.6) is 0 Å². The van der Waals surface area contributed by atoms with Gasteiger partial charge in [0.15, 0.2) is 5.11 Å². The van der Waals surface area contributed by atoms with Gasteiger partial charge in [0.05, 0.1) is 0 Å². The molecular formula is C17H19FN2S. The summed E-state index contributed by atoms with van der Waals surface area (Å²) in [6.45, 7) is 2.52. The molecule has 0 amide bonds. The fourth-order valence-electron chi connectivity index (χ4n) is 1.99. The quantitative estimate of drug-likeness (QED) is 0.643. The van der Waals surface area contributed by atoms with Gasteiger partial charge in [0.25, 0.3) is 0 Å². The van der Waals surface area contributed by atoms with Gasteiger partial charge in [-0.1, -0.05) is 36.4 Å². The van der Waals surface area contributed by atoms with E-state index < -0.39 is 0 Å². The molecule has 2 rings (SSSR count). The third kappa shape index (κ3) is 5.16. The predicted octanol–water partition coefficient (Wildman–Crippen LogP) is 4.05. The number of nitrogens with one attached hydrogen (secondary N) is 2. The van der Waals surface area contributed by atoms with Gasteiger partial charge in [-0.05, 0) is 55.2 Å². The minimum atomic E-state index is -0.230. The maximum atomic E-state index is 13.4. The molecule has 2 N–H and O–H groups in total. The molecule has 2 nitrogen and oxygen atoms in total. The van der Waals surface area contributed by atoms with E-state index in [1.807, 2.05) is 24.3 Å². The van der Waals surface area contributed by atoms with Crippen molar-refractivity contribution < 1.29 is 4.39 Å². The highest BCUT2D eigenvalue weighted by atomic mass is 32.1. The number of hydrogen-bond donors (Lipinski definition) is 2. The van der Waals surface area contributed by atoms with Crippen molar-refractivity contribution in [2.45, 2.75) is 19.8 Å². The Morgan fingerprint density at radius 2 is 1.90 bits per heavy atom. The second-order valence-corrected chi connectivity index (χ2v) is 5.34. The molecule has 110 valence electrons. The lowest BCUT2D eigenvalue weighted by molar-refractivity contribution is 0.619. The fraction of sp³-hybridized carbons (Fsp3) is 0.235. The Bertz CT molecular complexity index is 599. The van der Waals surface area contributed by atoms with Crippen molar-refractivity contribution in [3.63, 3.8) is 0 Å². The Hall–Kier alpha value is -1.94. The van der Waals surface area contributed by atoms with E-state index in [9.17, 15) is 4.39 Å². The molecule has 0 aromatic heterocycles. The van der Waals surface area contributed by atoms with Crippen molar-refractivity contribution in [2.75, 3.05) is 11.9 Å². The molecule has 4 heteroatoms. The van der Waals surface area contributed by atoms with Crippen molar-refractivity contribution in [1.82, 2.24) is 5.32 Å². The monoisotopic (exact) mass is 302 g/mol. The molecule has 0 unspecified atom stereocenters. The first-order chi connectivity index (χ1) is 10.1. The number of benzene rings is 2. The zero-order valence-corrected chi connectivity index (χ0v) is 12.8. The molecule has 0 heterocycles. The van der Waals surface area contributed by atoms with Crippen LogP contribution in [-0.2, 0) is 6.42 Å². The summed E-state index contributed by atoms with van der Waals surface area (Å²) >= 11 is 5.20. The third-order valence-corrected chi connectivity index (χ3v) is 3.45. The van der Waals surface area contributed by atoms with Gasteiger partial charge in [0.1, 0.15) is 5.82 Å². The van der Waals surface area contributed by atoms with E-state index in [2.05, 4.69) is 22.8 Å². The Morgan fingerprint density at radius 3 is 2.62 bits per heavy atom. The lowest BCUT2D eigenvalue weighted by Crippen LogP contribution is -2.29. The summed E-state index contributed by atoms with van der Waals surface area (Å²) < 4.78 is 13.4. The molecule has 0 saturated heterocycles. The van der Waals surface area contributed by atoms with Crippen LogP contribution >= 0.6 is 12.2 Å². The topological polar surface area (TPSA) is 24.1 Å². The van der Waals surface area contributed by atoms with Crippen molar-refractivity contribution >= 4 is 23.0 Å². The van der Waals surface area contributed by atoms with Gasteiger partial charge < -0.3 is 10.6 Å². The first-order valence-electron chi connectivity index (χ1n) is 7.00. The zero-order valence-electron chi connectivity index (χ0n) is 12.0. The Labute approximate surface area is 130 Å². The van der Waals surface area contributed by atoms with Crippen LogP contribution in [-0.4, -0.2) is 11.7 Å². The van der Waals surface area contributed by atoms with E-state index in [1.165, 1.54) is 11.6 Å². The number of anilines is 1. The summed E-state index contributed by atoms with van der Waals surface area (Å²) in [5.74, 6) is -0.230. The summed E-state index contributed by atoms with van der Waals surface area (Å²) in [6.07, 6.45) is 2.00. The van der Waals surface area contributed by atoms with E-state index in [0.717, 1.165) is 19.4 Å². The molecule has 0 bridgehead atoms. The highest BCUT2D eigenvalue weighted by molar-refractivity contribution is 7.80.